The van der Waals surface area contributed by atoms with Gasteiger partial charge in [-0.3, -0.25) is 0 Å². The van der Waals surface area contributed by atoms with Crippen molar-refractivity contribution >= 4 is 27.5 Å². The van der Waals surface area contributed by atoms with Gasteiger partial charge in [0.25, 0.3) is 0 Å². The van der Waals surface area contributed by atoms with Crippen molar-refractivity contribution in [3.05, 3.63) is 33.8 Å². The van der Waals surface area contributed by atoms with E-state index in [1.54, 1.807) is 0 Å². The Balaban J connectivity index is 2.30. The van der Waals surface area contributed by atoms with Gasteiger partial charge in [0, 0.05) is 22.4 Å². The van der Waals surface area contributed by atoms with Gasteiger partial charge in [-0.15, -0.1) is 0 Å². The fourth-order valence-corrected chi connectivity index (χ4v) is 3.87. The van der Waals surface area contributed by atoms with Crippen molar-refractivity contribution in [2.45, 2.75) is 38.1 Å². The molecule has 1 aromatic carbocycles. The van der Waals surface area contributed by atoms with Gasteiger partial charge in [-0.05, 0) is 49.9 Å². The van der Waals surface area contributed by atoms with Gasteiger partial charge < -0.3 is 4.74 Å². The van der Waals surface area contributed by atoms with Crippen LogP contribution in [0.5, 0.6) is 0 Å². The van der Waals surface area contributed by atoms with Crippen LogP contribution in [0.3, 0.4) is 0 Å². The molecule has 0 aliphatic carbocycles. The topological polar surface area (TPSA) is 9.23 Å². The number of hydrogen-bond acceptors (Lipinski definition) is 1. The third kappa shape index (κ3) is 2.69. The molecule has 0 saturated carbocycles. The standard InChI is InChI=1S/C14H18BrClO/c1-8-7-13(16)9(2)6-12(8)14(15)11-4-5-17-10(11)3/h6-7,10-11,14H,4-5H2,1-3H3. The maximum absolute atomic E-state index is 6.14. The number of ether oxygens (including phenoxy) is 1. The first-order valence-electron chi connectivity index (χ1n) is 6.03. The number of benzene rings is 1. The Kier molecular flexibility index (Phi) is 4.17. The van der Waals surface area contributed by atoms with Crippen molar-refractivity contribution in [3.63, 3.8) is 0 Å². The molecule has 3 heteroatoms. The molecule has 1 heterocycles. The predicted molar refractivity (Wildman–Crippen MR) is 76.1 cm³/mol. The average molecular weight is 318 g/mol. The zero-order valence-electron chi connectivity index (χ0n) is 10.5. The van der Waals surface area contributed by atoms with E-state index in [1.165, 1.54) is 11.1 Å². The van der Waals surface area contributed by atoms with Crippen LogP contribution in [0.2, 0.25) is 5.02 Å². The molecule has 1 saturated heterocycles. The van der Waals surface area contributed by atoms with E-state index < -0.39 is 0 Å². The van der Waals surface area contributed by atoms with Gasteiger partial charge in [-0.2, -0.15) is 0 Å². The molecule has 2 rings (SSSR count). The Labute approximate surface area is 117 Å². The maximum Gasteiger partial charge on any atom is 0.0589 e. The van der Waals surface area contributed by atoms with Crippen LogP contribution in [-0.4, -0.2) is 12.7 Å². The molecule has 17 heavy (non-hydrogen) atoms. The fourth-order valence-electron chi connectivity index (χ4n) is 2.46. The van der Waals surface area contributed by atoms with E-state index in [9.17, 15) is 0 Å². The van der Waals surface area contributed by atoms with Gasteiger partial charge in [-0.1, -0.05) is 33.6 Å². The van der Waals surface area contributed by atoms with Crippen LogP contribution in [0.4, 0.5) is 0 Å². The normalized spacial score (nSPS) is 26.2. The molecular formula is C14H18BrClO. The lowest BCUT2D eigenvalue weighted by Gasteiger charge is -2.23. The lowest BCUT2D eigenvalue weighted by molar-refractivity contribution is 0.105. The Hall–Kier alpha value is -0.0500. The highest BCUT2D eigenvalue weighted by atomic mass is 79.9. The van der Waals surface area contributed by atoms with Crippen LogP contribution < -0.4 is 0 Å². The zero-order chi connectivity index (χ0) is 12.6. The predicted octanol–water partition coefficient (Wildman–Crippen LogP) is 4.82. The zero-order valence-corrected chi connectivity index (χ0v) is 12.8. The minimum Gasteiger partial charge on any atom is -0.378 e. The lowest BCUT2D eigenvalue weighted by Crippen LogP contribution is -2.17. The third-order valence-electron chi connectivity index (χ3n) is 3.66. The van der Waals surface area contributed by atoms with Crippen molar-refractivity contribution in [3.8, 4) is 0 Å². The average Bonchev–Trinajstić information content (AvgIpc) is 2.69. The summed E-state index contributed by atoms with van der Waals surface area (Å²) in [4.78, 5) is 0.357. The molecule has 0 amide bonds. The van der Waals surface area contributed by atoms with Gasteiger partial charge in [0.1, 0.15) is 0 Å². The minimum absolute atomic E-state index is 0.328. The van der Waals surface area contributed by atoms with Crippen molar-refractivity contribution in [2.75, 3.05) is 6.61 Å². The molecule has 1 aliphatic rings. The SMILES string of the molecule is Cc1cc(C(Br)C2CCOC2C)c(C)cc1Cl. The quantitative estimate of drug-likeness (QED) is 0.711. The molecule has 0 N–H and O–H groups in total. The highest BCUT2D eigenvalue weighted by Crippen LogP contribution is 2.41. The number of hydrogen-bond donors (Lipinski definition) is 0. The molecular weight excluding hydrogens is 300 g/mol. The van der Waals surface area contributed by atoms with E-state index in [1.807, 2.05) is 0 Å². The second-order valence-electron chi connectivity index (χ2n) is 4.89. The summed E-state index contributed by atoms with van der Waals surface area (Å²) in [6, 6.07) is 4.25. The molecule has 0 spiro atoms. The molecule has 1 aromatic rings. The summed E-state index contributed by atoms with van der Waals surface area (Å²) in [5.74, 6) is 0.550. The van der Waals surface area contributed by atoms with Gasteiger partial charge in [0.15, 0.2) is 0 Å². The van der Waals surface area contributed by atoms with Crippen LogP contribution in [0.25, 0.3) is 0 Å². The number of rotatable bonds is 2. The Morgan fingerprint density at radius 2 is 2.06 bits per heavy atom. The molecule has 0 bridgehead atoms. The highest BCUT2D eigenvalue weighted by Gasteiger charge is 2.32. The minimum atomic E-state index is 0.328. The molecule has 1 fully saturated rings. The second-order valence-corrected chi connectivity index (χ2v) is 6.28. The van der Waals surface area contributed by atoms with Crippen LogP contribution >= 0.6 is 27.5 Å². The van der Waals surface area contributed by atoms with Gasteiger partial charge in [0.05, 0.1) is 6.10 Å². The van der Waals surface area contributed by atoms with Crippen LogP contribution in [0.1, 0.15) is 34.9 Å². The van der Waals surface area contributed by atoms with Crippen molar-refractivity contribution < 1.29 is 4.74 Å². The smallest absolute Gasteiger partial charge is 0.0589 e. The summed E-state index contributed by atoms with van der Waals surface area (Å²) < 4.78 is 5.65. The van der Waals surface area contributed by atoms with Gasteiger partial charge in [0.2, 0.25) is 0 Å². The largest absolute Gasteiger partial charge is 0.378 e. The van der Waals surface area contributed by atoms with Gasteiger partial charge in [-0.25, -0.2) is 0 Å². The monoisotopic (exact) mass is 316 g/mol. The summed E-state index contributed by atoms with van der Waals surface area (Å²) in [5.41, 5.74) is 3.74. The molecule has 3 unspecified atom stereocenters. The Morgan fingerprint density at radius 3 is 2.65 bits per heavy atom. The summed E-state index contributed by atoms with van der Waals surface area (Å²) >= 11 is 9.98. The number of aryl methyl sites for hydroxylation is 2. The van der Waals surface area contributed by atoms with E-state index in [2.05, 4.69) is 48.8 Å². The van der Waals surface area contributed by atoms with E-state index in [0.717, 1.165) is 23.6 Å². The fraction of sp³-hybridized carbons (Fsp3) is 0.571. The van der Waals surface area contributed by atoms with Crippen LogP contribution in [0.15, 0.2) is 12.1 Å². The first-order valence-corrected chi connectivity index (χ1v) is 7.32. The molecule has 1 nitrogen and oxygen atoms in total. The summed E-state index contributed by atoms with van der Waals surface area (Å²) in [7, 11) is 0. The van der Waals surface area contributed by atoms with E-state index in [-0.39, 0.29) is 0 Å². The van der Waals surface area contributed by atoms with Crippen LogP contribution in [0, 0.1) is 19.8 Å². The van der Waals surface area contributed by atoms with Crippen molar-refractivity contribution in [1.82, 2.24) is 0 Å². The van der Waals surface area contributed by atoms with Crippen molar-refractivity contribution in [2.24, 2.45) is 5.92 Å². The van der Waals surface area contributed by atoms with E-state index in [4.69, 9.17) is 16.3 Å². The molecule has 3 atom stereocenters. The van der Waals surface area contributed by atoms with E-state index in [0.29, 0.717) is 16.8 Å². The summed E-state index contributed by atoms with van der Waals surface area (Å²) in [6.45, 7) is 7.21. The first kappa shape index (κ1) is 13.4. The summed E-state index contributed by atoms with van der Waals surface area (Å²) in [6.07, 6.45) is 1.45. The third-order valence-corrected chi connectivity index (χ3v) is 5.23. The Morgan fingerprint density at radius 1 is 1.35 bits per heavy atom. The second kappa shape index (κ2) is 5.29. The molecule has 0 aromatic heterocycles. The molecule has 0 radical (unpaired) electrons. The molecule has 1 aliphatic heterocycles. The number of halogens is 2. The lowest BCUT2D eigenvalue weighted by atomic mass is 9.91. The summed E-state index contributed by atoms with van der Waals surface area (Å²) in [5, 5.41) is 0.849. The Bertz CT molecular complexity index is 419. The number of alkyl halides is 1. The molecule has 94 valence electrons. The van der Waals surface area contributed by atoms with Gasteiger partial charge >= 0.3 is 0 Å². The first-order chi connectivity index (χ1) is 8.00. The van der Waals surface area contributed by atoms with Crippen molar-refractivity contribution in [1.29, 1.82) is 0 Å². The maximum atomic E-state index is 6.14. The highest BCUT2D eigenvalue weighted by molar-refractivity contribution is 9.09. The van der Waals surface area contributed by atoms with Crippen LogP contribution in [-0.2, 0) is 4.74 Å². The van der Waals surface area contributed by atoms with E-state index >= 15 is 0 Å².